The van der Waals surface area contributed by atoms with E-state index in [-0.39, 0.29) is 11.6 Å². The van der Waals surface area contributed by atoms with Crippen molar-refractivity contribution in [2.75, 3.05) is 7.11 Å². The Bertz CT molecular complexity index is 622. The standard InChI is InChI=1S/C15H17FN2O2/c1-4-10(2)18-8-11(9-19)15(17-18)14-12(16)6-5-7-13(14)20-3/h5-10H,4H2,1-3H3. The van der Waals surface area contributed by atoms with Gasteiger partial charge in [0, 0.05) is 12.2 Å². The number of methoxy groups -OCH3 is 1. The minimum atomic E-state index is -0.457. The van der Waals surface area contributed by atoms with Crippen molar-refractivity contribution in [3.8, 4) is 17.0 Å². The second-order valence-corrected chi connectivity index (χ2v) is 4.61. The van der Waals surface area contributed by atoms with Gasteiger partial charge in [-0.3, -0.25) is 9.48 Å². The molecule has 4 nitrogen and oxygen atoms in total. The van der Waals surface area contributed by atoms with E-state index in [1.165, 1.54) is 13.2 Å². The zero-order chi connectivity index (χ0) is 14.7. The Labute approximate surface area is 117 Å². The molecule has 0 saturated carbocycles. The number of carbonyl (C=O) groups excluding carboxylic acids is 1. The van der Waals surface area contributed by atoms with Crippen LogP contribution in [0.25, 0.3) is 11.3 Å². The van der Waals surface area contributed by atoms with Gasteiger partial charge in [-0.15, -0.1) is 0 Å². The molecule has 2 rings (SSSR count). The van der Waals surface area contributed by atoms with Crippen molar-refractivity contribution in [1.29, 1.82) is 0 Å². The van der Waals surface area contributed by atoms with Crippen molar-refractivity contribution in [3.05, 3.63) is 35.8 Å². The van der Waals surface area contributed by atoms with Gasteiger partial charge in [0.2, 0.25) is 0 Å². The molecule has 0 aliphatic carbocycles. The van der Waals surface area contributed by atoms with Gasteiger partial charge in [-0.25, -0.2) is 4.39 Å². The summed E-state index contributed by atoms with van der Waals surface area (Å²) in [5.41, 5.74) is 0.892. The van der Waals surface area contributed by atoms with Crippen molar-refractivity contribution < 1.29 is 13.9 Å². The summed E-state index contributed by atoms with van der Waals surface area (Å²) in [5, 5.41) is 4.36. The number of benzene rings is 1. The number of ether oxygens (including phenoxy) is 1. The van der Waals surface area contributed by atoms with Crippen LogP contribution in [0.4, 0.5) is 4.39 Å². The van der Waals surface area contributed by atoms with Crippen molar-refractivity contribution in [2.24, 2.45) is 0 Å². The van der Waals surface area contributed by atoms with Crippen LogP contribution >= 0.6 is 0 Å². The molecule has 1 aromatic carbocycles. The predicted molar refractivity (Wildman–Crippen MR) is 74.6 cm³/mol. The molecule has 0 N–H and O–H groups in total. The van der Waals surface area contributed by atoms with E-state index in [0.717, 1.165) is 6.42 Å². The average Bonchev–Trinajstić information content (AvgIpc) is 2.89. The molecule has 20 heavy (non-hydrogen) atoms. The van der Waals surface area contributed by atoms with Crippen molar-refractivity contribution >= 4 is 6.29 Å². The highest BCUT2D eigenvalue weighted by Gasteiger charge is 2.20. The molecule has 0 saturated heterocycles. The van der Waals surface area contributed by atoms with Crippen molar-refractivity contribution in [1.82, 2.24) is 9.78 Å². The molecule has 0 aliphatic heterocycles. The molecule has 1 unspecified atom stereocenters. The molecule has 106 valence electrons. The fourth-order valence-electron chi connectivity index (χ4n) is 2.00. The molecule has 1 heterocycles. The number of aromatic nitrogens is 2. The predicted octanol–water partition coefficient (Wildman–Crippen LogP) is 3.48. The Balaban J connectivity index is 2.63. The Hall–Kier alpha value is -2.17. The fourth-order valence-corrected chi connectivity index (χ4v) is 2.00. The van der Waals surface area contributed by atoms with E-state index in [9.17, 15) is 9.18 Å². The molecule has 0 radical (unpaired) electrons. The second kappa shape index (κ2) is 5.86. The average molecular weight is 276 g/mol. The van der Waals surface area contributed by atoms with E-state index in [2.05, 4.69) is 5.10 Å². The lowest BCUT2D eigenvalue weighted by Gasteiger charge is -2.09. The van der Waals surface area contributed by atoms with Crippen LogP contribution in [0.2, 0.25) is 0 Å². The van der Waals surface area contributed by atoms with Crippen LogP contribution < -0.4 is 4.74 Å². The molecule has 1 atom stereocenters. The fraction of sp³-hybridized carbons (Fsp3) is 0.333. The maximum absolute atomic E-state index is 14.1. The third-order valence-corrected chi connectivity index (χ3v) is 3.36. The first-order valence-corrected chi connectivity index (χ1v) is 6.49. The Morgan fingerprint density at radius 3 is 2.85 bits per heavy atom. The molecular weight excluding hydrogens is 259 g/mol. The highest BCUT2D eigenvalue weighted by molar-refractivity contribution is 5.87. The lowest BCUT2D eigenvalue weighted by atomic mass is 10.1. The van der Waals surface area contributed by atoms with Gasteiger partial charge >= 0.3 is 0 Å². The van der Waals surface area contributed by atoms with Crippen molar-refractivity contribution in [3.63, 3.8) is 0 Å². The number of halogens is 1. The molecule has 1 aromatic heterocycles. The highest BCUT2D eigenvalue weighted by atomic mass is 19.1. The third kappa shape index (κ3) is 2.43. The van der Waals surface area contributed by atoms with Crippen LogP contribution in [0.15, 0.2) is 24.4 Å². The summed E-state index contributed by atoms with van der Waals surface area (Å²) in [7, 11) is 1.46. The number of nitrogens with zero attached hydrogens (tertiary/aromatic N) is 2. The van der Waals surface area contributed by atoms with E-state index in [1.807, 2.05) is 13.8 Å². The number of hydrogen-bond acceptors (Lipinski definition) is 3. The first-order chi connectivity index (χ1) is 9.62. The summed E-state index contributed by atoms with van der Waals surface area (Å²) in [4.78, 5) is 11.2. The van der Waals surface area contributed by atoms with E-state index < -0.39 is 5.82 Å². The first kappa shape index (κ1) is 14.2. The lowest BCUT2D eigenvalue weighted by Crippen LogP contribution is -2.04. The Kier molecular flexibility index (Phi) is 4.17. The normalized spacial score (nSPS) is 12.2. The van der Waals surface area contributed by atoms with E-state index in [0.29, 0.717) is 23.3 Å². The molecule has 2 aromatic rings. The van der Waals surface area contributed by atoms with Gasteiger partial charge in [-0.2, -0.15) is 5.10 Å². The summed E-state index contributed by atoms with van der Waals surface area (Å²) >= 11 is 0. The van der Waals surface area contributed by atoms with Gasteiger partial charge in [0.1, 0.15) is 17.3 Å². The minimum Gasteiger partial charge on any atom is -0.496 e. The summed E-state index contributed by atoms with van der Waals surface area (Å²) in [5.74, 6) is -0.0932. The maximum atomic E-state index is 14.1. The van der Waals surface area contributed by atoms with E-state index >= 15 is 0 Å². The smallest absolute Gasteiger partial charge is 0.153 e. The van der Waals surface area contributed by atoms with Gasteiger partial charge < -0.3 is 4.74 Å². The van der Waals surface area contributed by atoms with Crippen LogP contribution in [-0.2, 0) is 0 Å². The van der Waals surface area contributed by atoms with Crippen LogP contribution in [0.1, 0.15) is 36.7 Å². The number of aldehydes is 1. The van der Waals surface area contributed by atoms with Gasteiger partial charge in [0.25, 0.3) is 0 Å². The maximum Gasteiger partial charge on any atom is 0.153 e. The topological polar surface area (TPSA) is 44.1 Å². The molecule has 0 aliphatic rings. The SMILES string of the molecule is CCC(C)n1cc(C=O)c(-c2c(F)cccc2OC)n1. The first-order valence-electron chi connectivity index (χ1n) is 6.49. The van der Waals surface area contributed by atoms with Gasteiger partial charge in [0.15, 0.2) is 6.29 Å². The zero-order valence-electron chi connectivity index (χ0n) is 11.8. The lowest BCUT2D eigenvalue weighted by molar-refractivity contribution is 0.112. The largest absolute Gasteiger partial charge is 0.496 e. The number of rotatable bonds is 5. The molecule has 0 bridgehead atoms. The molecular formula is C15H17FN2O2. The summed E-state index contributed by atoms with van der Waals surface area (Å²) < 4.78 is 20.9. The summed E-state index contributed by atoms with van der Waals surface area (Å²) in [6.07, 6.45) is 3.20. The molecule has 0 amide bonds. The van der Waals surface area contributed by atoms with Gasteiger partial charge in [-0.1, -0.05) is 13.0 Å². The molecule has 0 fully saturated rings. The second-order valence-electron chi connectivity index (χ2n) is 4.61. The monoisotopic (exact) mass is 276 g/mol. The Morgan fingerprint density at radius 1 is 1.50 bits per heavy atom. The number of carbonyl (C=O) groups is 1. The zero-order valence-corrected chi connectivity index (χ0v) is 11.8. The van der Waals surface area contributed by atoms with Crippen LogP contribution in [0, 0.1) is 5.82 Å². The number of hydrogen-bond donors (Lipinski definition) is 0. The van der Waals surface area contributed by atoms with Crippen LogP contribution in [0.5, 0.6) is 5.75 Å². The molecule has 0 spiro atoms. The van der Waals surface area contributed by atoms with Gasteiger partial charge in [0.05, 0.1) is 18.2 Å². The highest BCUT2D eigenvalue weighted by Crippen LogP contribution is 2.33. The quantitative estimate of drug-likeness (QED) is 0.785. The summed E-state index contributed by atoms with van der Waals surface area (Å²) in [6.45, 7) is 4.01. The van der Waals surface area contributed by atoms with E-state index in [1.54, 1.807) is 23.0 Å². The van der Waals surface area contributed by atoms with Crippen LogP contribution in [0.3, 0.4) is 0 Å². The molecule has 5 heteroatoms. The third-order valence-electron chi connectivity index (χ3n) is 3.36. The van der Waals surface area contributed by atoms with E-state index in [4.69, 9.17) is 4.74 Å². The Morgan fingerprint density at radius 2 is 2.25 bits per heavy atom. The summed E-state index contributed by atoms with van der Waals surface area (Å²) in [6, 6.07) is 4.67. The van der Waals surface area contributed by atoms with Crippen LogP contribution in [-0.4, -0.2) is 23.2 Å². The van der Waals surface area contributed by atoms with Gasteiger partial charge in [-0.05, 0) is 25.5 Å². The van der Waals surface area contributed by atoms with Crippen molar-refractivity contribution in [2.45, 2.75) is 26.3 Å². The minimum absolute atomic E-state index is 0.139.